The second-order valence-electron chi connectivity index (χ2n) is 13.1. The average Bonchev–Trinajstić information content (AvgIpc) is 3.52. The van der Waals surface area contributed by atoms with E-state index in [1.165, 1.54) is 21.3 Å². The van der Waals surface area contributed by atoms with Crippen molar-refractivity contribution in [2.75, 3.05) is 45.3 Å². The van der Waals surface area contributed by atoms with Gasteiger partial charge in [0.15, 0.2) is 11.5 Å². The van der Waals surface area contributed by atoms with Crippen molar-refractivity contribution in [1.29, 1.82) is 0 Å². The van der Waals surface area contributed by atoms with Crippen LogP contribution >= 0.6 is 0 Å². The second-order valence-corrected chi connectivity index (χ2v) is 13.1. The summed E-state index contributed by atoms with van der Waals surface area (Å²) in [5, 5.41) is 5.50. The Kier molecular flexibility index (Phi) is 10.1. The third-order valence-corrected chi connectivity index (χ3v) is 10.1. The molecule has 1 saturated heterocycles. The summed E-state index contributed by atoms with van der Waals surface area (Å²) in [6.45, 7) is 1.74. The summed E-state index contributed by atoms with van der Waals surface area (Å²) >= 11 is 0. The van der Waals surface area contributed by atoms with Crippen LogP contribution in [0.3, 0.4) is 0 Å². The normalized spacial score (nSPS) is 16.3. The van der Waals surface area contributed by atoms with Gasteiger partial charge in [-0.1, -0.05) is 72.8 Å². The fraction of sp³-hybridized carbons (Fsp3) is 0.233. The van der Waals surface area contributed by atoms with Crippen LogP contribution in [0.1, 0.15) is 47.1 Å². The maximum absolute atomic E-state index is 14.0. The van der Waals surface area contributed by atoms with E-state index in [1.54, 1.807) is 43.2 Å². The van der Waals surface area contributed by atoms with Crippen LogP contribution in [0.2, 0.25) is 0 Å². The molecule has 1 aliphatic heterocycles. The third kappa shape index (κ3) is 6.64. The number of rotatable bonds is 12. The van der Waals surface area contributed by atoms with Gasteiger partial charge in [0.05, 0.1) is 46.1 Å². The van der Waals surface area contributed by atoms with Gasteiger partial charge in [0.2, 0.25) is 17.6 Å². The predicted molar refractivity (Wildman–Crippen MR) is 205 cm³/mol. The first-order chi connectivity index (χ1) is 26.3. The first-order valence-electron chi connectivity index (χ1n) is 17.6. The first kappa shape index (κ1) is 35.9. The largest absolute Gasteiger partial charge is 0.497 e. The summed E-state index contributed by atoms with van der Waals surface area (Å²) in [4.78, 5) is 41.7. The minimum atomic E-state index is -0.875. The summed E-state index contributed by atoms with van der Waals surface area (Å²) in [5.41, 5.74) is 7.26. The molecule has 7 rings (SSSR count). The number of alkyl carbamates (subject to hydrolysis) is 1. The number of carbonyl (C=O) groups excluding carboxylic acids is 3. The first-order valence-corrected chi connectivity index (χ1v) is 17.6. The number of fused-ring (bicyclic) bond motifs is 3. The molecule has 11 nitrogen and oxygen atoms in total. The zero-order chi connectivity index (χ0) is 37.9. The minimum Gasteiger partial charge on any atom is -0.497 e. The van der Waals surface area contributed by atoms with E-state index >= 15 is 0 Å². The smallest absolute Gasteiger partial charge is 0.407 e. The van der Waals surface area contributed by atoms with E-state index in [9.17, 15) is 14.4 Å². The molecule has 0 saturated carbocycles. The standard InChI is InChI=1S/C43H41N3O8/c1-25(44-43(49)54-24-35-33-12-8-6-10-31(33)32-11-7-9-13-34(32)35)41(47)45-28-18-14-26(15-19-28)38-39(27-16-20-30(50-2)21-17-27)46(42(38)48)29-22-36(51-3)40(53-5)37(23-29)52-4/h6-23,25,35,38-39H,24H2,1-5H3,(H,44,49)(H,45,47)/t25-,38-,39-/m0/s1. The molecule has 5 aromatic carbocycles. The van der Waals surface area contributed by atoms with E-state index in [1.807, 2.05) is 60.7 Å². The number of ether oxygens (including phenoxy) is 5. The van der Waals surface area contributed by atoms with Crippen LogP contribution in [-0.4, -0.2) is 59.0 Å². The van der Waals surface area contributed by atoms with Gasteiger partial charge in [-0.15, -0.1) is 0 Å². The lowest BCUT2D eigenvalue weighted by molar-refractivity contribution is -0.126. The summed E-state index contributed by atoms with van der Waals surface area (Å²) < 4.78 is 27.6. The Balaban J connectivity index is 1.02. The van der Waals surface area contributed by atoms with Gasteiger partial charge < -0.3 is 39.2 Å². The SMILES string of the molecule is COc1ccc([C@H]2[C@H](c3ccc(NC(=O)[C@H](C)NC(=O)OCC4c5ccccc5-c5ccccc54)cc3)C(=O)N2c2cc(OC)c(OC)c(OC)c2)cc1. The molecular formula is C43H41N3O8. The fourth-order valence-corrected chi connectivity index (χ4v) is 7.36. The predicted octanol–water partition coefficient (Wildman–Crippen LogP) is 7.46. The molecule has 276 valence electrons. The number of hydrogen-bond donors (Lipinski definition) is 2. The molecule has 1 aliphatic carbocycles. The molecule has 1 heterocycles. The molecule has 11 heteroatoms. The monoisotopic (exact) mass is 727 g/mol. The lowest BCUT2D eigenvalue weighted by atomic mass is 9.77. The number of carbonyl (C=O) groups is 3. The van der Waals surface area contributed by atoms with Crippen molar-refractivity contribution in [3.63, 3.8) is 0 Å². The topological polar surface area (TPSA) is 125 Å². The highest BCUT2D eigenvalue weighted by Gasteiger charge is 2.50. The molecule has 1 fully saturated rings. The van der Waals surface area contributed by atoms with Crippen LogP contribution in [0.25, 0.3) is 11.1 Å². The highest BCUT2D eigenvalue weighted by atomic mass is 16.5. The third-order valence-electron chi connectivity index (χ3n) is 10.1. The molecule has 5 aromatic rings. The highest BCUT2D eigenvalue weighted by molar-refractivity contribution is 6.07. The zero-order valence-electron chi connectivity index (χ0n) is 30.6. The van der Waals surface area contributed by atoms with Crippen molar-refractivity contribution in [1.82, 2.24) is 5.32 Å². The summed E-state index contributed by atoms with van der Waals surface area (Å²) in [6, 6.07) is 33.2. The number of hydrogen-bond acceptors (Lipinski definition) is 8. The molecule has 0 radical (unpaired) electrons. The second kappa shape index (κ2) is 15.2. The molecule has 0 unspecified atom stereocenters. The van der Waals surface area contributed by atoms with E-state index in [-0.39, 0.29) is 24.5 Å². The van der Waals surface area contributed by atoms with Gasteiger partial charge >= 0.3 is 6.09 Å². The van der Waals surface area contributed by atoms with E-state index in [2.05, 4.69) is 34.9 Å². The van der Waals surface area contributed by atoms with Gasteiger partial charge in [0, 0.05) is 23.7 Å². The molecule has 3 atom stereocenters. The van der Waals surface area contributed by atoms with Gasteiger partial charge in [0.1, 0.15) is 18.4 Å². The minimum absolute atomic E-state index is 0.0911. The van der Waals surface area contributed by atoms with Crippen molar-refractivity contribution in [3.8, 4) is 34.1 Å². The number of β-lactam (4-membered cyclic amide) rings is 1. The molecule has 0 bridgehead atoms. The van der Waals surface area contributed by atoms with Gasteiger partial charge in [-0.05, 0) is 64.6 Å². The number of nitrogens with one attached hydrogen (secondary N) is 2. The number of anilines is 2. The molecular weight excluding hydrogens is 686 g/mol. The molecule has 0 spiro atoms. The van der Waals surface area contributed by atoms with Gasteiger partial charge in [-0.2, -0.15) is 0 Å². The molecule has 2 N–H and O–H groups in total. The van der Waals surface area contributed by atoms with Crippen molar-refractivity contribution in [3.05, 3.63) is 131 Å². The Labute approximate surface area is 313 Å². The summed E-state index contributed by atoms with van der Waals surface area (Å²) in [6.07, 6.45) is -0.681. The zero-order valence-corrected chi connectivity index (χ0v) is 30.6. The number of benzene rings is 5. The maximum atomic E-state index is 14.0. The lowest BCUT2D eigenvalue weighted by Crippen LogP contribution is -2.53. The van der Waals surface area contributed by atoms with Gasteiger partial charge in [-0.25, -0.2) is 4.79 Å². The van der Waals surface area contributed by atoms with Crippen molar-refractivity contribution >= 4 is 29.3 Å². The maximum Gasteiger partial charge on any atom is 0.407 e. The van der Waals surface area contributed by atoms with E-state index in [4.69, 9.17) is 23.7 Å². The Morgan fingerprint density at radius 1 is 0.722 bits per heavy atom. The van der Waals surface area contributed by atoms with Crippen LogP contribution in [0.4, 0.5) is 16.2 Å². The number of amides is 3. The van der Waals surface area contributed by atoms with Crippen LogP contribution in [0.15, 0.2) is 109 Å². The molecule has 3 amide bonds. The van der Waals surface area contributed by atoms with Crippen molar-refractivity contribution in [2.24, 2.45) is 0 Å². The quantitative estimate of drug-likeness (QED) is 0.127. The summed E-state index contributed by atoms with van der Waals surface area (Å²) in [5.74, 6) is 0.835. The highest BCUT2D eigenvalue weighted by Crippen LogP contribution is 2.52. The molecule has 2 aliphatic rings. The van der Waals surface area contributed by atoms with Crippen LogP contribution in [0.5, 0.6) is 23.0 Å². The Morgan fingerprint density at radius 2 is 1.30 bits per heavy atom. The molecule has 54 heavy (non-hydrogen) atoms. The fourth-order valence-electron chi connectivity index (χ4n) is 7.36. The Morgan fingerprint density at radius 3 is 1.85 bits per heavy atom. The van der Waals surface area contributed by atoms with Gasteiger partial charge in [-0.3, -0.25) is 9.59 Å². The Bertz CT molecular complexity index is 2120. The van der Waals surface area contributed by atoms with Crippen LogP contribution < -0.4 is 34.5 Å². The van der Waals surface area contributed by atoms with Gasteiger partial charge in [0.25, 0.3) is 0 Å². The lowest BCUT2D eigenvalue weighted by Gasteiger charge is -2.48. The number of methoxy groups -OCH3 is 4. The van der Waals surface area contributed by atoms with E-state index < -0.39 is 24.0 Å². The average molecular weight is 728 g/mol. The van der Waals surface area contributed by atoms with Crippen molar-refractivity contribution < 1.29 is 38.1 Å². The summed E-state index contributed by atoms with van der Waals surface area (Å²) in [7, 11) is 6.19. The van der Waals surface area contributed by atoms with Crippen LogP contribution in [0, 0.1) is 0 Å². The van der Waals surface area contributed by atoms with Crippen molar-refractivity contribution in [2.45, 2.75) is 30.8 Å². The molecule has 0 aromatic heterocycles. The van der Waals surface area contributed by atoms with E-state index in [0.717, 1.165) is 33.4 Å². The Hall–Kier alpha value is -6.49. The van der Waals surface area contributed by atoms with E-state index in [0.29, 0.717) is 34.4 Å². The van der Waals surface area contributed by atoms with Crippen LogP contribution in [-0.2, 0) is 14.3 Å². The number of nitrogens with zero attached hydrogens (tertiary/aromatic N) is 1.